The SMILES string of the molecule is CCCCCCCCCCCCCCCCCC[S+]([O-])CCCOP(=O)(O)OCC[N+](C)(C)C. The normalized spacial score (nSPS) is 14.9. The molecule has 34 heavy (non-hydrogen) atoms. The van der Waals surface area contributed by atoms with Gasteiger partial charge in [0.2, 0.25) is 0 Å². The predicted octanol–water partition coefficient (Wildman–Crippen LogP) is 7.23. The van der Waals surface area contributed by atoms with Gasteiger partial charge < -0.3 is 13.9 Å². The van der Waals surface area contributed by atoms with Crippen molar-refractivity contribution >= 4 is 19.0 Å². The molecule has 0 amide bonds. The third-order valence-electron chi connectivity index (χ3n) is 6.01. The summed E-state index contributed by atoms with van der Waals surface area (Å²) in [6.07, 6.45) is 21.9. The van der Waals surface area contributed by atoms with Crippen LogP contribution in [0.5, 0.6) is 0 Å². The molecule has 0 aromatic rings. The molecule has 8 heteroatoms. The molecule has 206 valence electrons. The fourth-order valence-corrected chi connectivity index (χ4v) is 5.70. The number of likely N-dealkylation sites (N-methyl/N-ethyl adjacent to an activating group) is 1. The van der Waals surface area contributed by atoms with Crippen LogP contribution in [-0.2, 0) is 24.8 Å². The Morgan fingerprint density at radius 2 is 1.06 bits per heavy atom. The van der Waals surface area contributed by atoms with Gasteiger partial charge in [-0.1, -0.05) is 108 Å². The maximum Gasteiger partial charge on any atom is 0.472 e. The van der Waals surface area contributed by atoms with Crippen molar-refractivity contribution in [2.75, 3.05) is 52.4 Å². The predicted molar refractivity (Wildman–Crippen MR) is 147 cm³/mol. The molecule has 1 N–H and O–H groups in total. The van der Waals surface area contributed by atoms with Gasteiger partial charge in [-0.25, -0.2) is 4.57 Å². The second kappa shape index (κ2) is 22.6. The number of unbranched alkanes of at least 4 members (excludes halogenated alkanes) is 15. The van der Waals surface area contributed by atoms with Gasteiger partial charge in [0.25, 0.3) is 0 Å². The monoisotopic (exact) mass is 526 g/mol. The van der Waals surface area contributed by atoms with Crippen molar-refractivity contribution in [3.8, 4) is 0 Å². The molecule has 0 heterocycles. The zero-order valence-corrected chi connectivity index (χ0v) is 24.7. The second-order valence-corrected chi connectivity index (χ2v) is 13.8. The second-order valence-electron chi connectivity index (χ2n) is 10.7. The van der Waals surface area contributed by atoms with Gasteiger partial charge in [0.1, 0.15) is 24.7 Å². The Morgan fingerprint density at radius 3 is 1.50 bits per heavy atom. The minimum absolute atomic E-state index is 0.100. The van der Waals surface area contributed by atoms with E-state index in [0.717, 1.165) is 18.6 Å². The van der Waals surface area contributed by atoms with E-state index in [1.807, 2.05) is 21.1 Å². The maximum atomic E-state index is 12.1. The van der Waals surface area contributed by atoms with E-state index in [2.05, 4.69) is 6.92 Å². The van der Waals surface area contributed by atoms with Crippen LogP contribution in [0, 0.1) is 0 Å². The van der Waals surface area contributed by atoms with Crippen molar-refractivity contribution in [1.82, 2.24) is 0 Å². The summed E-state index contributed by atoms with van der Waals surface area (Å²) in [5.74, 6) is 1.23. The number of hydrogen-bond acceptors (Lipinski definition) is 4. The van der Waals surface area contributed by atoms with Crippen molar-refractivity contribution < 1.29 is 27.5 Å². The number of hydrogen-bond donors (Lipinski definition) is 1. The molecule has 0 radical (unpaired) electrons. The minimum Gasteiger partial charge on any atom is -0.616 e. The molecule has 0 spiro atoms. The summed E-state index contributed by atoms with van der Waals surface area (Å²) in [5.41, 5.74) is 0. The highest BCUT2D eigenvalue weighted by atomic mass is 32.2. The molecule has 0 saturated carbocycles. The number of nitrogens with zero attached hydrogens (tertiary/aromatic N) is 1. The topological polar surface area (TPSA) is 78.8 Å². The van der Waals surface area contributed by atoms with Gasteiger partial charge >= 0.3 is 7.82 Å². The van der Waals surface area contributed by atoms with Crippen LogP contribution in [0.1, 0.15) is 116 Å². The summed E-state index contributed by atoms with van der Waals surface area (Å²) in [6, 6.07) is 0. The summed E-state index contributed by atoms with van der Waals surface area (Å²) in [5, 5.41) is 0. The molecule has 6 nitrogen and oxygen atoms in total. The van der Waals surface area contributed by atoms with Crippen molar-refractivity contribution in [3.63, 3.8) is 0 Å². The first-order chi connectivity index (χ1) is 16.2. The third kappa shape index (κ3) is 27.0. The van der Waals surface area contributed by atoms with E-state index in [-0.39, 0.29) is 13.2 Å². The lowest BCUT2D eigenvalue weighted by molar-refractivity contribution is -0.870. The maximum absolute atomic E-state index is 12.1. The first-order valence-corrected chi connectivity index (χ1v) is 16.9. The fourth-order valence-electron chi connectivity index (χ4n) is 3.78. The van der Waals surface area contributed by atoms with E-state index in [0.29, 0.717) is 23.2 Å². The van der Waals surface area contributed by atoms with Crippen LogP contribution in [0.25, 0.3) is 0 Å². The summed E-state index contributed by atoms with van der Waals surface area (Å²) in [4.78, 5) is 9.66. The highest BCUT2D eigenvalue weighted by Gasteiger charge is 2.22. The number of phosphoric acid groups is 1. The Kier molecular flexibility index (Phi) is 22.8. The molecular formula is C26H57NO5PS+. The summed E-state index contributed by atoms with van der Waals surface area (Å²) >= 11 is -0.877. The molecule has 0 fully saturated rings. The zero-order valence-electron chi connectivity index (χ0n) is 22.9. The summed E-state index contributed by atoms with van der Waals surface area (Å²) < 4.78 is 34.5. The summed E-state index contributed by atoms with van der Waals surface area (Å²) in [7, 11) is 1.96. The van der Waals surface area contributed by atoms with E-state index in [4.69, 9.17) is 9.05 Å². The average Bonchev–Trinajstić information content (AvgIpc) is 2.75. The van der Waals surface area contributed by atoms with Crippen LogP contribution < -0.4 is 0 Å². The summed E-state index contributed by atoms with van der Waals surface area (Å²) in [6.45, 7) is 3.16. The lowest BCUT2D eigenvalue weighted by Gasteiger charge is -2.24. The van der Waals surface area contributed by atoms with E-state index in [1.165, 1.54) is 89.9 Å². The molecule has 0 bridgehead atoms. The molecule has 0 aromatic carbocycles. The van der Waals surface area contributed by atoms with Crippen LogP contribution in [0.15, 0.2) is 0 Å². The number of phosphoric ester groups is 1. The van der Waals surface area contributed by atoms with Crippen molar-refractivity contribution in [1.29, 1.82) is 0 Å². The molecule has 0 aromatic heterocycles. The van der Waals surface area contributed by atoms with E-state index in [1.54, 1.807) is 0 Å². The first kappa shape index (κ1) is 34.4. The Bertz CT molecular complexity index is 490. The average molecular weight is 527 g/mol. The van der Waals surface area contributed by atoms with E-state index in [9.17, 15) is 14.0 Å². The lowest BCUT2D eigenvalue weighted by atomic mass is 10.0. The molecule has 0 aliphatic rings. The Balaban J connectivity index is 3.38. The van der Waals surface area contributed by atoms with Crippen molar-refractivity contribution in [2.24, 2.45) is 0 Å². The molecule has 0 aliphatic carbocycles. The largest absolute Gasteiger partial charge is 0.616 e. The van der Waals surface area contributed by atoms with E-state index >= 15 is 0 Å². The number of quaternary nitrogens is 1. The first-order valence-electron chi connectivity index (χ1n) is 13.9. The van der Waals surface area contributed by atoms with Gasteiger partial charge in [-0.15, -0.1) is 0 Å². The number of rotatable bonds is 26. The lowest BCUT2D eigenvalue weighted by Crippen LogP contribution is -2.37. The fraction of sp³-hybridized carbons (Fsp3) is 1.00. The molecule has 0 aliphatic heterocycles. The van der Waals surface area contributed by atoms with Crippen LogP contribution >= 0.6 is 7.82 Å². The Morgan fingerprint density at radius 1 is 0.676 bits per heavy atom. The molecule has 2 unspecified atom stereocenters. The Labute approximate surface area is 214 Å². The van der Waals surface area contributed by atoms with Gasteiger partial charge in [-0.3, -0.25) is 9.05 Å². The molecule has 2 atom stereocenters. The quantitative estimate of drug-likeness (QED) is 0.0557. The standard InChI is InChI=1S/C26H56NO5PS/c1-5-6-7-8-9-10-11-12-13-14-15-16-17-18-19-20-25-34(30)26-21-23-31-33(28,29)32-24-22-27(2,3)4/h5-26H2,1-4H3/p+1. The van der Waals surface area contributed by atoms with E-state index < -0.39 is 19.0 Å². The van der Waals surface area contributed by atoms with Gasteiger partial charge in [0.05, 0.1) is 27.7 Å². The van der Waals surface area contributed by atoms with Crippen LogP contribution in [-0.4, -0.2) is 66.3 Å². The third-order valence-corrected chi connectivity index (χ3v) is 8.52. The van der Waals surface area contributed by atoms with Gasteiger partial charge in [0, 0.05) is 6.42 Å². The highest BCUT2D eigenvalue weighted by Crippen LogP contribution is 2.43. The van der Waals surface area contributed by atoms with Crippen molar-refractivity contribution in [3.05, 3.63) is 0 Å². The van der Waals surface area contributed by atoms with Crippen LogP contribution in [0.2, 0.25) is 0 Å². The highest BCUT2D eigenvalue weighted by molar-refractivity contribution is 7.91. The van der Waals surface area contributed by atoms with Crippen molar-refractivity contribution in [2.45, 2.75) is 116 Å². The van der Waals surface area contributed by atoms with Gasteiger partial charge in [0.15, 0.2) is 0 Å². The van der Waals surface area contributed by atoms with Crippen LogP contribution in [0.3, 0.4) is 0 Å². The van der Waals surface area contributed by atoms with Gasteiger partial charge in [-0.2, -0.15) is 0 Å². The smallest absolute Gasteiger partial charge is 0.472 e. The Hall–Kier alpha value is 0.380. The molecule has 0 rings (SSSR count). The molecule has 0 saturated heterocycles. The molecular weight excluding hydrogens is 469 g/mol. The minimum atomic E-state index is -4.00. The van der Waals surface area contributed by atoms with Crippen LogP contribution in [0.4, 0.5) is 0 Å². The zero-order chi connectivity index (χ0) is 25.5. The van der Waals surface area contributed by atoms with Gasteiger partial charge in [-0.05, 0) is 12.8 Å².